The van der Waals surface area contributed by atoms with Gasteiger partial charge in [-0.1, -0.05) is 20.8 Å². The Kier molecular flexibility index (Phi) is 20.0. The Morgan fingerprint density at radius 1 is 0.615 bits per heavy atom. The summed E-state index contributed by atoms with van der Waals surface area (Å²) in [6.07, 6.45) is 9.59. The van der Waals surface area contributed by atoms with Gasteiger partial charge in [0.25, 0.3) is 5.92 Å². The van der Waals surface area contributed by atoms with Crippen LogP contribution in [0.1, 0.15) is 88.0 Å². The van der Waals surface area contributed by atoms with E-state index in [1.807, 2.05) is 29.6 Å². The van der Waals surface area contributed by atoms with E-state index in [-0.39, 0.29) is 37.1 Å². The van der Waals surface area contributed by atoms with Crippen molar-refractivity contribution in [3.63, 3.8) is 0 Å². The lowest BCUT2D eigenvalue weighted by Crippen LogP contribution is -2.36. The molecular weight excluding hydrogens is 938 g/mol. The molecule has 3 aromatic rings. The summed E-state index contributed by atoms with van der Waals surface area (Å²) in [6, 6.07) is 0. The van der Waals surface area contributed by atoms with Gasteiger partial charge in [0.2, 0.25) is 0 Å². The molecule has 7 rings (SSSR count). The Hall–Kier alpha value is -1.87. The molecule has 52 heavy (non-hydrogen) atoms. The topological polar surface area (TPSA) is 138 Å². The molecule has 1 saturated heterocycles. The summed E-state index contributed by atoms with van der Waals surface area (Å²) < 4.78 is 41.6. The second-order valence-electron chi connectivity index (χ2n) is 11.6. The van der Waals surface area contributed by atoms with Crippen molar-refractivity contribution >= 4 is 106 Å². The maximum absolute atomic E-state index is 13.2. The van der Waals surface area contributed by atoms with E-state index in [1.54, 1.807) is 11.3 Å². The van der Waals surface area contributed by atoms with Crippen LogP contribution in [0.25, 0.3) is 0 Å². The smallest absolute Gasteiger partial charge is 0.347 e. The van der Waals surface area contributed by atoms with E-state index in [0.29, 0.717) is 18.6 Å². The van der Waals surface area contributed by atoms with E-state index in [0.717, 1.165) is 84.4 Å². The lowest BCUT2D eigenvalue weighted by Gasteiger charge is -2.31. The van der Waals surface area contributed by atoms with E-state index in [1.165, 1.54) is 39.6 Å². The summed E-state index contributed by atoms with van der Waals surface area (Å²) in [5, 5.41) is 0. The number of hydrogen-bond acceptors (Lipinski definition) is 12. The maximum Gasteiger partial charge on any atom is 0.373 e. The quantitative estimate of drug-likeness (QED) is 0.252. The summed E-state index contributed by atoms with van der Waals surface area (Å²) in [6.45, 7) is 7.88. The number of hydrogen-bond donors (Lipinski definition) is 0. The fraction of sp³-hybridized carbons (Fsp3) is 0.543. The molecule has 3 aromatic heterocycles. The Morgan fingerprint density at radius 2 is 1.00 bits per heavy atom. The molecule has 0 aromatic carbocycles. The summed E-state index contributed by atoms with van der Waals surface area (Å²) in [5.41, 5.74) is 7.60. The van der Waals surface area contributed by atoms with Crippen LogP contribution in [-0.2, 0) is 101 Å². The van der Waals surface area contributed by atoms with E-state index >= 15 is 0 Å². The third-order valence-electron chi connectivity index (χ3n) is 8.66. The van der Waals surface area contributed by atoms with Crippen molar-refractivity contribution in [3.8, 4) is 0 Å². The van der Waals surface area contributed by atoms with Crippen LogP contribution < -0.4 is 0 Å². The van der Waals surface area contributed by atoms with Crippen LogP contribution in [0, 0.1) is 0 Å². The molecule has 17 heteroatoms. The number of aryl methyl sites for hydroxylation is 3. The molecule has 0 amide bonds. The zero-order valence-electron chi connectivity index (χ0n) is 28.7. The number of alkyl halides is 2. The van der Waals surface area contributed by atoms with E-state index in [4.69, 9.17) is 38.2 Å². The van der Waals surface area contributed by atoms with E-state index < -0.39 is 5.92 Å². The summed E-state index contributed by atoms with van der Waals surface area (Å²) >= 11 is 16.0. The molecule has 1 aliphatic heterocycles. The van der Waals surface area contributed by atoms with Gasteiger partial charge >= 0.3 is 18.5 Å². The van der Waals surface area contributed by atoms with Crippen LogP contribution in [0.4, 0.5) is 8.78 Å². The first-order valence-corrected chi connectivity index (χ1v) is 21.1. The number of ether oxygens (including phenoxy) is 2. The van der Waals surface area contributed by atoms with Crippen molar-refractivity contribution in [3.05, 3.63) is 59.4 Å². The highest BCUT2D eigenvalue weighted by atomic mass is 79.9. The van der Waals surface area contributed by atoms with Crippen LogP contribution >= 0.6 is 81.8 Å². The average molecular weight is 976 g/mol. The molecule has 284 valence electrons. The number of ketones is 1. The SMILES string of the molecule is CCc1c(Br)sc2c1CC(=O)CC2.CCc1c(Br)sc2c1CC(F)(F)CC2.CCc1c(Br)sc2c1CC1(CC2)OCCO1.O=C=O.O=C=O.O=C=O. The second kappa shape index (κ2) is 22.5. The zero-order chi connectivity index (χ0) is 39.1. The average Bonchev–Trinajstić information content (AvgIpc) is 3.84. The number of rotatable bonds is 3. The molecule has 4 aliphatic rings. The number of thiophene rings is 3. The van der Waals surface area contributed by atoms with Crippen molar-refractivity contribution in [2.24, 2.45) is 0 Å². The largest absolute Gasteiger partial charge is 0.373 e. The predicted molar refractivity (Wildman–Crippen MR) is 200 cm³/mol. The van der Waals surface area contributed by atoms with Gasteiger partial charge in [-0.3, -0.25) is 4.79 Å². The number of halogens is 5. The predicted octanol–water partition coefficient (Wildman–Crippen LogP) is 8.88. The van der Waals surface area contributed by atoms with Gasteiger partial charge in [0.15, 0.2) is 5.79 Å². The van der Waals surface area contributed by atoms with Crippen LogP contribution in [0.15, 0.2) is 11.4 Å². The fourth-order valence-corrected chi connectivity index (χ4v) is 13.1. The number of carbonyl (C=O) groups is 1. The van der Waals surface area contributed by atoms with Gasteiger partial charge in [0, 0.05) is 53.2 Å². The fourth-order valence-electron chi connectivity index (χ4n) is 6.42. The molecule has 0 bridgehead atoms. The molecule has 0 radical (unpaired) electrons. The number of carbonyl (C=O) groups excluding carboxylic acids is 7. The third-order valence-corrected chi connectivity index (χ3v) is 14.9. The van der Waals surface area contributed by atoms with Gasteiger partial charge in [-0.2, -0.15) is 28.8 Å². The van der Waals surface area contributed by atoms with Crippen LogP contribution in [-0.4, -0.2) is 49.2 Å². The van der Waals surface area contributed by atoms with Crippen molar-refractivity contribution in [2.45, 2.75) is 110 Å². The first kappa shape index (κ1) is 46.3. The lowest BCUT2D eigenvalue weighted by molar-refractivity contribution is -0.193. The molecule has 0 atom stereocenters. The van der Waals surface area contributed by atoms with E-state index in [2.05, 4.69) is 61.6 Å². The summed E-state index contributed by atoms with van der Waals surface area (Å²) in [5.74, 6) is -2.39. The van der Waals surface area contributed by atoms with Crippen molar-refractivity contribution in [2.75, 3.05) is 13.2 Å². The molecule has 0 unspecified atom stereocenters. The standard InChI is InChI=1S/C12H15BrO2S.C10H11BrF2S.C10H11BrOS.3CO2/c1-2-8-9-7-12(14-5-6-15-12)4-3-10(9)16-11(8)13;1-2-6-7-5-10(12,13)4-3-8(7)14-9(6)11;1-2-7-8-5-6(12)3-4-9(8)13-10(7)11;3*2-1-3/h2-7H2,1H3;2-5H2,1H3;2-5H2,1H3;;;. The molecular formula is C35H37Br3F2O9S3. The molecule has 1 fully saturated rings. The minimum Gasteiger partial charge on any atom is -0.347 e. The monoisotopic (exact) mass is 972 g/mol. The summed E-state index contributed by atoms with van der Waals surface area (Å²) in [7, 11) is 0. The molecule has 1 spiro atoms. The number of fused-ring (bicyclic) bond motifs is 3. The lowest BCUT2D eigenvalue weighted by atomic mass is 9.90. The zero-order valence-corrected chi connectivity index (χ0v) is 35.9. The normalized spacial score (nSPS) is 16.7. The van der Waals surface area contributed by atoms with Crippen LogP contribution in [0.2, 0.25) is 0 Å². The van der Waals surface area contributed by atoms with Gasteiger partial charge in [0.05, 0.1) is 24.6 Å². The molecule has 4 heterocycles. The van der Waals surface area contributed by atoms with Gasteiger partial charge in [-0.05, 0) is 120 Å². The van der Waals surface area contributed by atoms with Gasteiger partial charge in [0.1, 0.15) is 5.78 Å². The van der Waals surface area contributed by atoms with Gasteiger partial charge < -0.3 is 9.47 Å². The van der Waals surface area contributed by atoms with Crippen LogP contribution in [0.5, 0.6) is 0 Å². The first-order chi connectivity index (χ1) is 24.7. The highest BCUT2D eigenvalue weighted by Gasteiger charge is 2.41. The van der Waals surface area contributed by atoms with Crippen LogP contribution in [0.3, 0.4) is 0 Å². The number of Topliss-reactive ketones (excluding diaryl/α,β-unsaturated/α-hetero) is 1. The summed E-state index contributed by atoms with van der Waals surface area (Å²) in [4.78, 5) is 64.1. The Bertz CT molecular complexity index is 1730. The second-order valence-corrected chi connectivity index (χ2v) is 18.9. The van der Waals surface area contributed by atoms with Crippen molar-refractivity contribution in [1.29, 1.82) is 0 Å². The third kappa shape index (κ3) is 12.6. The van der Waals surface area contributed by atoms with Crippen molar-refractivity contribution < 1.29 is 51.8 Å². The van der Waals surface area contributed by atoms with E-state index in [9.17, 15) is 13.6 Å². The molecule has 0 N–H and O–H groups in total. The Morgan fingerprint density at radius 3 is 1.44 bits per heavy atom. The Labute approximate surface area is 337 Å². The molecule has 0 saturated carbocycles. The highest BCUT2D eigenvalue weighted by molar-refractivity contribution is 9.11. The highest BCUT2D eigenvalue weighted by Crippen LogP contribution is 2.44. The first-order valence-electron chi connectivity index (χ1n) is 16.3. The molecule has 9 nitrogen and oxygen atoms in total. The minimum absolute atomic E-state index is 0.0100. The molecule has 3 aliphatic carbocycles. The Balaban J connectivity index is 0.000000243. The van der Waals surface area contributed by atoms with Crippen molar-refractivity contribution in [1.82, 2.24) is 0 Å². The maximum atomic E-state index is 13.2. The van der Waals surface area contributed by atoms with Gasteiger partial charge in [-0.25, -0.2) is 8.78 Å². The minimum atomic E-state index is -2.49. The van der Waals surface area contributed by atoms with Gasteiger partial charge in [-0.15, -0.1) is 34.0 Å².